The summed E-state index contributed by atoms with van der Waals surface area (Å²) in [5.74, 6) is -0.487. The molecule has 0 N–H and O–H groups in total. The molecule has 5 nitrogen and oxygen atoms in total. The van der Waals surface area contributed by atoms with Crippen molar-refractivity contribution in [3.8, 4) is 11.5 Å². The first-order valence-electron chi connectivity index (χ1n) is 5.93. The average Bonchev–Trinajstić information content (AvgIpc) is 2.49. The summed E-state index contributed by atoms with van der Waals surface area (Å²) in [7, 11) is 1.18. The topological polar surface area (TPSA) is 61.8 Å². The molecule has 0 fully saturated rings. The molecule has 0 aliphatic carbocycles. The number of esters is 1. The molecule has 0 aliphatic heterocycles. The molecule has 0 saturated carbocycles. The largest absolute Gasteiger partial charge is 0.513 e. The van der Waals surface area contributed by atoms with E-state index in [-0.39, 0.29) is 22.1 Å². The van der Waals surface area contributed by atoms with Gasteiger partial charge >= 0.3 is 12.1 Å². The monoisotopic (exact) mass is 306 g/mol. The quantitative estimate of drug-likeness (QED) is 0.491. The fourth-order valence-corrected chi connectivity index (χ4v) is 1.74. The third-order valence-corrected chi connectivity index (χ3v) is 2.84. The van der Waals surface area contributed by atoms with Crippen LogP contribution in [0.1, 0.15) is 10.4 Å². The summed E-state index contributed by atoms with van der Waals surface area (Å²) in [5.41, 5.74) is 0.215. The van der Waals surface area contributed by atoms with Gasteiger partial charge in [-0.1, -0.05) is 35.9 Å². The van der Waals surface area contributed by atoms with Crippen molar-refractivity contribution < 1.29 is 23.8 Å². The zero-order chi connectivity index (χ0) is 15.2. The molecule has 0 amide bonds. The Morgan fingerprint density at radius 2 is 1.48 bits per heavy atom. The molecular formula is C15H11ClO5. The van der Waals surface area contributed by atoms with Gasteiger partial charge in [0.05, 0.1) is 17.7 Å². The second kappa shape index (κ2) is 6.76. The number of para-hydroxylation sites is 2. The molecule has 0 heterocycles. The van der Waals surface area contributed by atoms with E-state index in [1.807, 2.05) is 0 Å². The van der Waals surface area contributed by atoms with E-state index in [2.05, 4.69) is 4.74 Å². The fraction of sp³-hybridized carbons (Fsp3) is 0.0667. The van der Waals surface area contributed by atoms with Gasteiger partial charge in [-0.3, -0.25) is 0 Å². The lowest BCUT2D eigenvalue weighted by Gasteiger charge is -2.10. The molecule has 2 rings (SSSR count). The van der Waals surface area contributed by atoms with Crippen molar-refractivity contribution in [1.82, 2.24) is 0 Å². The SMILES string of the molecule is COC(=O)Oc1ccccc1OC(=O)c1ccccc1Cl. The minimum Gasteiger partial charge on any atom is -0.437 e. The van der Waals surface area contributed by atoms with Crippen molar-refractivity contribution >= 4 is 23.7 Å². The Bertz CT molecular complexity index is 669. The van der Waals surface area contributed by atoms with E-state index in [9.17, 15) is 9.59 Å². The number of methoxy groups -OCH3 is 1. The molecule has 21 heavy (non-hydrogen) atoms. The van der Waals surface area contributed by atoms with Gasteiger partial charge in [-0.15, -0.1) is 0 Å². The lowest BCUT2D eigenvalue weighted by molar-refractivity contribution is 0.0723. The second-order valence-electron chi connectivity index (χ2n) is 3.87. The number of halogens is 1. The van der Waals surface area contributed by atoms with Crippen LogP contribution in [0, 0.1) is 0 Å². The van der Waals surface area contributed by atoms with Crippen LogP contribution in [0.5, 0.6) is 11.5 Å². The van der Waals surface area contributed by atoms with Gasteiger partial charge in [0.25, 0.3) is 0 Å². The predicted molar refractivity (Wildman–Crippen MR) is 75.9 cm³/mol. The number of carbonyl (C=O) groups excluding carboxylic acids is 2. The molecular weight excluding hydrogens is 296 g/mol. The van der Waals surface area contributed by atoms with Gasteiger partial charge in [-0.2, -0.15) is 0 Å². The highest BCUT2D eigenvalue weighted by atomic mass is 35.5. The Kier molecular flexibility index (Phi) is 4.79. The van der Waals surface area contributed by atoms with Crippen LogP contribution in [-0.2, 0) is 4.74 Å². The van der Waals surface area contributed by atoms with Gasteiger partial charge in [-0.25, -0.2) is 9.59 Å². The number of benzene rings is 2. The molecule has 0 bridgehead atoms. The van der Waals surface area contributed by atoms with E-state index in [0.29, 0.717) is 0 Å². The normalized spacial score (nSPS) is 9.81. The summed E-state index contributed by atoms with van der Waals surface area (Å²) in [4.78, 5) is 23.2. The minimum absolute atomic E-state index is 0.0738. The fourth-order valence-electron chi connectivity index (χ4n) is 1.53. The maximum absolute atomic E-state index is 12.1. The Balaban J connectivity index is 2.22. The average molecular weight is 307 g/mol. The zero-order valence-electron chi connectivity index (χ0n) is 11.0. The Labute approximate surface area is 126 Å². The summed E-state index contributed by atoms with van der Waals surface area (Å²) in [6.45, 7) is 0. The summed E-state index contributed by atoms with van der Waals surface area (Å²) in [6, 6.07) is 12.7. The molecule has 6 heteroatoms. The van der Waals surface area contributed by atoms with Crippen LogP contribution in [0.3, 0.4) is 0 Å². The van der Waals surface area contributed by atoms with Crippen LogP contribution in [0.4, 0.5) is 4.79 Å². The third-order valence-electron chi connectivity index (χ3n) is 2.51. The molecule has 0 radical (unpaired) electrons. The first-order chi connectivity index (χ1) is 10.1. The number of carbonyl (C=O) groups is 2. The van der Waals surface area contributed by atoms with Crippen LogP contribution >= 0.6 is 11.6 Å². The van der Waals surface area contributed by atoms with Crippen molar-refractivity contribution in [1.29, 1.82) is 0 Å². The predicted octanol–water partition coefficient (Wildman–Crippen LogP) is 3.70. The van der Waals surface area contributed by atoms with Crippen molar-refractivity contribution in [2.45, 2.75) is 0 Å². The van der Waals surface area contributed by atoms with Crippen LogP contribution in [0.15, 0.2) is 48.5 Å². The molecule has 2 aromatic carbocycles. The van der Waals surface area contributed by atoms with Gasteiger partial charge in [0, 0.05) is 0 Å². The van der Waals surface area contributed by atoms with Crippen molar-refractivity contribution in [2.24, 2.45) is 0 Å². The molecule has 0 atom stereocenters. The zero-order valence-corrected chi connectivity index (χ0v) is 11.8. The Hall–Kier alpha value is -2.53. The van der Waals surface area contributed by atoms with E-state index >= 15 is 0 Å². The van der Waals surface area contributed by atoms with Gasteiger partial charge in [0.1, 0.15) is 0 Å². The van der Waals surface area contributed by atoms with Crippen molar-refractivity contribution in [3.05, 3.63) is 59.1 Å². The molecule has 0 aliphatic rings. The number of rotatable bonds is 3. The van der Waals surface area contributed by atoms with Crippen LogP contribution in [0.25, 0.3) is 0 Å². The first kappa shape index (κ1) is 14.9. The molecule has 108 valence electrons. The smallest absolute Gasteiger partial charge is 0.437 e. The van der Waals surface area contributed by atoms with Crippen molar-refractivity contribution in [2.75, 3.05) is 7.11 Å². The summed E-state index contributed by atoms with van der Waals surface area (Å²) in [6.07, 6.45) is -0.906. The van der Waals surface area contributed by atoms with Crippen LogP contribution in [0.2, 0.25) is 5.02 Å². The standard InChI is InChI=1S/C15H11ClO5/c1-19-15(18)21-13-9-5-4-8-12(13)20-14(17)10-6-2-3-7-11(10)16/h2-9H,1H3. The van der Waals surface area contributed by atoms with Crippen LogP contribution in [-0.4, -0.2) is 19.2 Å². The number of ether oxygens (including phenoxy) is 3. The second-order valence-corrected chi connectivity index (χ2v) is 4.28. The van der Waals surface area contributed by atoms with E-state index in [4.69, 9.17) is 21.1 Å². The van der Waals surface area contributed by atoms with Crippen LogP contribution < -0.4 is 9.47 Å². The van der Waals surface area contributed by atoms with Gasteiger partial charge in [0.2, 0.25) is 0 Å². The summed E-state index contributed by atoms with van der Waals surface area (Å²) in [5, 5.41) is 0.272. The van der Waals surface area contributed by atoms with Gasteiger partial charge in [-0.05, 0) is 24.3 Å². The molecule has 0 unspecified atom stereocenters. The highest BCUT2D eigenvalue weighted by Gasteiger charge is 2.16. The first-order valence-corrected chi connectivity index (χ1v) is 6.31. The third kappa shape index (κ3) is 3.73. The Morgan fingerprint density at radius 1 is 0.905 bits per heavy atom. The number of hydrogen-bond acceptors (Lipinski definition) is 5. The molecule has 0 aromatic heterocycles. The maximum Gasteiger partial charge on any atom is 0.513 e. The van der Waals surface area contributed by atoms with Gasteiger partial charge < -0.3 is 14.2 Å². The highest BCUT2D eigenvalue weighted by molar-refractivity contribution is 6.33. The lowest BCUT2D eigenvalue weighted by atomic mass is 10.2. The van der Waals surface area contributed by atoms with E-state index in [1.165, 1.54) is 25.3 Å². The summed E-state index contributed by atoms with van der Waals surface area (Å²) >= 11 is 5.93. The molecule has 0 saturated heterocycles. The van der Waals surface area contributed by atoms with E-state index in [1.54, 1.807) is 30.3 Å². The highest BCUT2D eigenvalue weighted by Crippen LogP contribution is 2.28. The van der Waals surface area contributed by atoms with E-state index in [0.717, 1.165) is 0 Å². The minimum atomic E-state index is -0.906. The van der Waals surface area contributed by atoms with E-state index < -0.39 is 12.1 Å². The maximum atomic E-state index is 12.1. The Morgan fingerprint density at radius 3 is 2.10 bits per heavy atom. The molecule has 2 aromatic rings. The molecule has 0 spiro atoms. The number of hydrogen-bond donors (Lipinski definition) is 0. The van der Waals surface area contributed by atoms with Gasteiger partial charge in [0.15, 0.2) is 11.5 Å². The lowest BCUT2D eigenvalue weighted by Crippen LogP contribution is -2.12. The van der Waals surface area contributed by atoms with Crippen molar-refractivity contribution in [3.63, 3.8) is 0 Å². The summed E-state index contributed by atoms with van der Waals surface area (Å²) < 4.78 is 14.5.